The van der Waals surface area contributed by atoms with Gasteiger partial charge in [-0.05, 0) is 6.92 Å². The lowest BCUT2D eigenvalue weighted by Gasteiger charge is -2.01. The van der Waals surface area contributed by atoms with Crippen LogP contribution in [-0.4, -0.2) is 16.4 Å². The number of rotatable bonds is 1. The molecule has 0 spiro atoms. The molecule has 9 heavy (non-hydrogen) atoms. The van der Waals surface area contributed by atoms with Gasteiger partial charge in [0.2, 0.25) is 0 Å². The van der Waals surface area contributed by atoms with Crippen LogP contribution in [0.2, 0.25) is 0 Å². The molecular weight excluding hydrogens is 140 g/mol. The lowest BCUT2D eigenvalue weighted by Crippen LogP contribution is -2.14. The molecule has 0 aliphatic carbocycles. The van der Waals surface area contributed by atoms with E-state index >= 15 is 0 Å². The van der Waals surface area contributed by atoms with E-state index in [2.05, 4.69) is 6.58 Å². The molecular formula is C5H8O3S. The van der Waals surface area contributed by atoms with Gasteiger partial charge in [-0.2, -0.15) is 4.21 Å². The molecule has 1 saturated heterocycles. The molecule has 3 unspecified atom stereocenters. The van der Waals surface area contributed by atoms with Crippen molar-refractivity contribution in [2.24, 2.45) is 0 Å². The van der Waals surface area contributed by atoms with Crippen molar-refractivity contribution in [1.82, 2.24) is 0 Å². The summed E-state index contributed by atoms with van der Waals surface area (Å²) in [5, 5.41) is 0. The molecule has 0 N–H and O–H groups in total. The maximum Gasteiger partial charge on any atom is 0.305 e. The molecule has 0 amide bonds. The van der Waals surface area contributed by atoms with Gasteiger partial charge >= 0.3 is 11.4 Å². The van der Waals surface area contributed by atoms with Crippen LogP contribution in [0.25, 0.3) is 0 Å². The van der Waals surface area contributed by atoms with E-state index in [1.54, 1.807) is 13.0 Å². The Balaban J connectivity index is 2.57. The second-order valence-corrected chi connectivity index (χ2v) is 2.60. The van der Waals surface area contributed by atoms with Crippen LogP contribution < -0.4 is 0 Å². The Morgan fingerprint density at radius 3 is 2.56 bits per heavy atom. The van der Waals surface area contributed by atoms with Crippen LogP contribution in [0, 0.1) is 0 Å². The van der Waals surface area contributed by atoms with Crippen LogP contribution >= 0.6 is 0 Å². The van der Waals surface area contributed by atoms with Crippen LogP contribution in [-0.2, 0) is 19.7 Å². The average molecular weight is 148 g/mol. The molecule has 52 valence electrons. The third-order valence-corrected chi connectivity index (χ3v) is 1.96. The molecule has 0 aromatic carbocycles. The minimum Gasteiger partial charge on any atom is -0.262 e. The summed E-state index contributed by atoms with van der Waals surface area (Å²) < 4.78 is 19.9. The van der Waals surface area contributed by atoms with Gasteiger partial charge in [0.05, 0.1) is 0 Å². The Kier molecular flexibility index (Phi) is 2.00. The summed E-state index contributed by atoms with van der Waals surface area (Å²) in [6.07, 6.45) is 1.23. The average Bonchev–Trinajstić information content (AvgIpc) is 2.10. The van der Waals surface area contributed by atoms with Crippen molar-refractivity contribution < 1.29 is 12.6 Å². The van der Waals surface area contributed by atoms with Crippen molar-refractivity contribution >= 4 is 11.4 Å². The van der Waals surface area contributed by atoms with Crippen molar-refractivity contribution in [1.29, 1.82) is 0 Å². The molecule has 4 heteroatoms. The second kappa shape index (κ2) is 2.60. The standard InChI is InChI=1S/C5H8O3S/c1-3-5-4(2)7-9(6)8-5/h3-5H,1H2,2H3. The fourth-order valence-electron chi connectivity index (χ4n) is 0.601. The third-order valence-electron chi connectivity index (χ3n) is 1.11. The van der Waals surface area contributed by atoms with Crippen molar-refractivity contribution in [3.63, 3.8) is 0 Å². The van der Waals surface area contributed by atoms with Crippen molar-refractivity contribution in [3.05, 3.63) is 12.7 Å². The van der Waals surface area contributed by atoms with Gasteiger partial charge < -0.3 is 0 Å². The molecule has 0 aromatic heterocycles. The first-order valence-electron chi connectivity index (χ1n) is 2.62. The number of hydrogen-bond acceptors (Lipinski definition) is 3. The quantitative estimate of drug-likeness (QED) is 0.509. The summed E-state index contributed by atoms with van der Waals surface area (Å²) in [6.45, 7) is 5.28. The van der Waals surface area contributed by atoms with Gasteiger partial charge in [0.1, 0.15) is 12.2 Å². The maximum atomic E-state index is 10.4. The van der Waals surface area contributed by atoms with E-state index in [1.165, 1.54) is 0 Å². The van der Waals surface area contributed by atoms with Gasteiger partial charge in [-0.25, -0.2) is 0 Å². The van der Waals surface area contributed by atoms with Crippen molar-refractivity contribution in [3.8, 4) is 0 Å². The molecule has 1 rings (SSSR count). The summed E-state index contributed by atoms with van der Waals surface area (Å²) in [5.41, 5.74) is 0. The highest BCUT2D eigenvalue weighted by molar-refractivity contribution is 7.75. The van der Waals surface area contributed by atoms with E-state index in [4.69, 9.17) is 8.37 Å². The minimum atomic E-state index is -1.55. The van der Waals surface area contributed by atoms with Crippen LogP contribution in [0.1, 0.15) is 6.92 Å². The molecule has 1 heterocycles. The summed E-state index contributed by atoms with van der Waals surface area (Å²) >= 11 is -1.55. The topological polar surface area (TPSA) is 35.5 Å². The fourth-order valence-corrected chi connectivity index (χ4v) is 1.42. The first kappa shape index (κ1) is 6.92. The third kappa shape index (κ3) is 1.38. The van der Waals surface area contributed by atoms with Gasteiger partial charge in [-0.15, -0.1) is 6.58 Å². The lowest BCUT2D eigenvalue weighted by molar-refractivity contribution is 0.210. The van der Waals surface area contributed by atoms with E-state index in [1.807, 2.05) is 0 Å². The highest BCUT2D eigenvalue weighted by Crippen LogP contribution is 2.16. The van der Waals surface area contributed by atoms with Crippen LogP contribution in [0.15, 0.2) is 12.7 Å². The Morgan fingerprint density at radius 1 is 1.67 bits per heavy atom. The summed E-state index contributed by atoms with van der Waals surface area (Å²) in [6, 6.07) is 0. The lowest BCUT2D eigenvalue weighted by atomic mass is 10.2. The van der Waals surface area contributed by atoms with E-state index < -0.39 is 11.4 Å². The fraction of sp³-hybridized carbons (Fsp3) is 0.600. The molecule has 1 aliphatic rings. The van der Waals surface area contributed by atoms with Crippen LogP contribution in [0.3, 0.4) is 0 Å². The Labute approximate surface area is 56.5 Å². The normalized spacial score (nSPS) is 43.0. The molecule has 1 fully saturated rings. The van der Waals surface area contributed by atoms with Gasteiger partial charge in [0, 0.05) is 0 Å². The Bertz CT molecular complexity index is 145. The monoisotopic (exact) mass is 148 g/mol. The van der Waals surface area contributed by atoms with Gasteiger partial charge in [-0.1, -0.05) is 6.08 Å². The molecule has 3 nitrogen and oxygen atoms in total. The molecule has 0 saturated carbocycles. The first-order chi connectivity index (χ1) is 4.24. The minimum absolute atomic E-state index is 0.136. The summed E-state index contributed by atoms with van der Waals surface area (Å²) in [5.74, 6) is 0. The predicted molar refractivity (Wildman–Crippen MR) is 33.8 cm³/mol. The second-order valence-electron chi connectivity index (χ2n) is 1.80. The Morgan fingerprint density at radius 2 is 2.33 bits per heavy atom. The highest BCUT2D eigenvalue weighted by atomic mass is 32.2. The van der Waals surface area contributed by atoms with Crippen molar-refractivity contribution in [2.45, 2.75) is 19.1 Å². The van der Waals surface area contributed by atoms with E-state index in [0.29, 0.717) is 0 Å². The zero-order chi connectivity index (χ0) is 6.85. The molecule has 1 aliphatic heterocycles. The van der Waals surface area contributed by atoms with E-state index in [-0.39, 0.29) is 12.2 Å². The van der Waals surface area contributed by atoms with Gasteiger partial charge in [0.25, 0.3) is 0 Å². The molecule has 0 bridgehead atoms. The largest absolute Gasteiger partial charge is 0.305 e. The van der Waals surface area contributed by atoms with E-state index in [0.717, 1.165) is 0 Å². The van der Waals surface area contributed by atoms with Crippen LogP contribution in [0.4, 0.5) is 0 Å². The predicted octanol–water partition coefficient (Wildman–Crippen LogP) is 0.555. The summed E-state index contributed by atoms with van der Waals surface area (Å²) in [7, 11) is 0. The SMILES string of the molecule is C=CC1OS(=O)OC1C. The highest BCUT2D eigenvalue weighted by Gasteiger charge is 2.28. The zero-order valence-electron chi connectivity index (χ0n) is 5.07. The van der Waals surface area contributed by atoms with Gasteiger partial charge in [0.15, 0.2) is 0 Å². The maximum absolute atomic E-state index is 10.4. The molecule has 3 atom stereocenters. The first-order valence-corrected chi connectivity index (χ1v) is 3.62. The van der Waals surface area contributed by atoms with Crippen LogP contribution in [0.5, 0.6) is 0 Å². The zero-order valence-corrected chi connectivity index (χ0v) is 5.89. The van der Waals surface area contributed by atoms with E-state index in [9.17, 15) is 4.21 Å². The number of hydrogen-bond donors (Lipinski definition) is 0. The Hall–Kier alpha value is -0.190. The molecule has 0 aromatic rings. The molecule has 0 radical (unpaired) electrons. The summed E-state index contributed by atoms with van der Waals surface area (Å²) in [4.78, 5) is 0. The van der Waals surface area contributed by atoms with Gasteiger partial charge in [-0.3, -0.25) is 8.37 Å². The van der Waals surface area contributed by atoms with Crippen molar-refractivity contribution in [2.75, 3.05) is 0 Å². The smallest absolute Gasteiger partial charge is 0.262 e.